The maximum absolute atomic E-state index is 12.5. The number of ketones is 1. The third-order valence-electron chi connectivity index (χ3n) is 4.65. The van der Waals surface area contributed by atoms with E-state index < -0.39 is 5.97 Å². The topological polar surface area (TPSA) is 80.4 Å². The molecule has 0 radical (unpaired) electrons. The highest BCUT2D eigenvalue weighted by molar-refractivity contribution is 5.97. The first-order valence-electron chi connectivity index (χ1n) is 8.15. The highest BCUT2D eigenvalue weighted by atomic mass is 16.4. The van der Waals surface area contributed by atoms with Gasteiger partial charge in [-0.25, -0.2) is 0 Å². The van der Waals surface area contributed by atoms with E-state index in [9.17, 15) is 9.59 Å². The SMILES string of the molecule is NCC1CCC(C(=O)c2ccc(CCCC(=O)O)cc2)CC1. The van der Waals surface area contributed by atoms with Crippen LogP contribution in [0.5, 0.6) is 0 Å². The van der Waals surface area contributed by atoms with E-state index in [1.165, 1.54) is 0 Å². The summed E-state index contributed by atoms with van der Waals surface area (Å²) >= 11 is 0. The number of carbonyl (C=O) groups is 2. The van der Waals surface area contributed by atoms with Gasteiger partial charge in [0.2, 0.25) is 0 Å². The largest absolute Gasteiger partial charge is 0.481 e. The fourth-order valence-electron chi connectivity index (χ4n) is 3.18. The normalized spacial score (nSPS) is 21.5. The number of carbonyl (C=O) groups excluding carboxylic acids is 1. The van der Waals surface area contributed by atoms with Gasteiger partial charge in [0.1, 0.15) is 0 Å². The van der Waals surface area contributed by atoms with Gasteiger partial charge in [-0.1, -0.05) is 24.3 Å². The predicted octanol–water partition coefficient (Wildman–Crippen LogP) is 3.04. The molecule has 3 N–H and O–H groups in total. The molecule has 4 heteroatoms. The number of aryl methyl sites for hydroxylation is 1. The van der Waals surface area contributed by atoms with E-state index in [4.69, 9.17) is 10.8 Å². The Hall–Kier alpha value is -1.68. The highest BCUT2D eigenvalue weighted by Gasteiger charge is 2.26. The van der Waals surface area contributed by atoms with Crippen LogP contribution in [0.1, 0.15) is 54.4 Å². The minimum atomic E-state index is -0.764. The summed E-state index contributed by atoms with van der Waals surface area (Å²) in [5.74, 6) is 0.203. The highest BCUT2D eigenvalue weighted by Crippen LogP contribution is 2.30. The van der Waals surface area contributed by atoms with Gasteiger partial charge < -0.3 is 10.8 Å². The minimum absolute atomic E-state index is 0.140. The quantitative estimate of drug-likeness (QED) is 0.759. The smallest absolute Gasteiger partial charge is 0.303 e. The van der Waals surface area contributed by atoms with Crippen LogP contribution in [0, 0.1) is 11.8 Å². The lowest BCUT2D eigenvalue weighted by atomic mass is 9.78. The summed E-state index contributed by atoms with van der Waals surface area (Å²) < 4.78 is 0. The third-order valence-corrected chi connectivity index (χ3v) is 4.65. The van der Waals surface area contributed by atoms with E-state index in [0.717, 1.165) is 49.8 Å². The maximum Gasteiger partial charge on any atom is 0.303 e. The van der Waals surface area contributed by atoms with Crippen molar-refractivity contribution in [3.63, 3.8) is 0 Å². The minimum Gasteiger partial charge on any atom is -0.481 e. The third kappa shape index (κ3) is 4.67. The number of benzene rings is 1. The molecule has 1 aromatic rings. The molecule has 0 aliphatic heterocycles. The Bertz CT molecular complexity index is 502. The average molecular weight is 303 g/mol. The van der Waals surface area contributed by atoms with Crippen molar-refractivity contribution in [3.8, 4) is 0 Å². The zero-order valence-corrected chi connectivity index (χ0v) is 13.0. The van der Waals surface area contributed by atoms with E-state index in [1.807, 2.05) is 24.3 Å². The first-order valence-corrected chi connectivity index (χ1v) is 8.15. The molecule has 0 unspecified atom stereocenters. The summed E-state index contributed by atoms with van der Waals surface area (Å²) in [6, 6.07) is 7.65. The van der Waals surface area contributed by atoms with Crippen molar-refractivity contribution < 1.29 is 14.7 Å². The van der Waals surface area contributed by atoms with E-state index in [1.54, 1.807) is 0 Å². The fraction of sp³-hybridized carbons (Fsp3) is 0.556. The molecular formula is C18H25NO3. The molecule has 22 heavy (non-hydrogen) atoms. The van der Waals surface area contributed by atoms with Crippen LogP contribution in [0.15, 0.2) is 24.3 Å². The fourth-order valence-corrected chi connectivity index (χ4v) is 3.18. The Kier molecular flexibility index (Phi) is 6.13. The van der Waals surface area contributed by atoms with E-state index in [-0.39, 0.29) is 18.1 Å². The Morgan fingerprint density at radius 3 is 2.27 bits per heavy atom. The standard InChI is InChI=1S/C18H25NO3/c19-12-14-6-10-16(11-7-14)18(22)15-8-4-13(5-9-15)2-1-3-17(20)21/h4-5,8-9,14,16H,1-3,6-7,10-12,19H2,(H,20,21). The molecule has 1 aromatic carbocycles. The number of nitrogens with two attached hydrogens (primary N) is 1. The number of rotatable bonds is 7. The van der Waals surface area contributed by atoms with E-state index >= 15 is 0 Å². The van der Waals surface area contributed by atoms with Gasteiger partial charge in [0.05, 0.1) is 0 Å². The number of aliphatic carboxylic acids is 1. The summed E-state index contributed by atoms with van der Waals surface area (Å²) in [4.78, 5) is 23.0. The van der Waals surface area contributed by atoms with Gasteiger partial charge in [0.25, 0.3) is 0 Å². The molecule has 2 rings (SSSR count). The van der Waals surface area contributed by atoms with Crippen LogP contribution in [0.25, 0.3) is 0 Å². The molecule has 0 bridgehead atoms. The number of Topliss-reactive ketones (excluding diaryl/α,β-unsaturated/α-hetero) is 1. The van der Waals surface area contributed by atoms with Gasteiger partial charge in [-0.05, 0) is 56.6 Å². The molecule has 0 saturated heterocycles. The van der Waals surface area contributed by atoms with Crippen LogP contribution in [-0.2, 0) is 11.2 Å². The van der Waals surface area contributed by atoms with Crippen molar-refractivity contribution in [2.75, 3.05) is 6.54 Å². The lowest BCUT2D eigenvalue weighted by Crippen LogP contribution is -2.25. The number of carboxylic acid groups (broad SMARTS) is 1. The average Bonchev–Trinajstić information content (AvgIpc) is 2.54. The van der Waals surface area contributed by atoms with Crippen LogP contribution < -0.4 is 5.73 Å². The maximum atomic E-state index is 12.5. The van der Waals surface area contributed by atoms with Crippen molar-refractivity contribution >= 4 is 11.8 Å². The van der Waals surface area contributed by atoms with Gasteiger partial charge in [-0.3, -0.25) is 9.59 Å². The molecule has 1 saturated carbocycles. The molecule has 1 aliphatic rings. The second-order valence-electron chi connectivity index (χ2n) is 6.26. The van der Waals surface area contributed by atoms with Gasteiger partial charge in [0.15, 0.2) is 5.78 Å². The number of hydrogen-bond donors (Lipinski definition) is 2. The lowest BCUT2D eigenvalue weighted by molar-refractivity contribution is -0.137. The predicted molar refractivity (Wildman–Crippen MR) is 85.8 cm³/mol. The van der Waals surface area contributed by atoms with E-state index in [2.05, 4.69) is 0 Å². The van der Waals surface area contributed by atoms with Crippen molar-refractivity contribution in [3.05, 3.63) is 35.4 Å². The van der Waals surface area contributed by atoms with Crippen LogP contribution >= 0.6 is 0 Å². The zero-order valence-electron chi connectivity index (χ0n) is 13.0. The lowest BCUT2D eigenvalue weighted by Gasteiger charge is -2.26. The van der Waals surface area contributed by atoms with Gasteiger partial charge >= 0.3 is 5.97 Å². The Morgan fingerprint density at radius 1 is 1.09 bits per heavy atom. The zero-order chi connectivity index (χ0) is 15.9. The molecule has 0 spiro atoms. The second-order valence-corrected chi connectivity index (χ2v) is 6.26. The Morgan fingerprint density at radius 2 is 1.73 bits per heavy atom. The molecule has 0 heterocycles. The molecule has 1 fully saturated rings. The molecule has 0 amide bonds. The first-order chi connectivity index (χ1) is 10.6. The molecule has 120 valence electrons. The summed E-state index contributed by atoms with van der Waals surface area (Å²) in [5.41, 5.74) is 7.55. The van der Waals surface area contributed by atoms with Crippen molar-refractivity contribution in [2.24, 2.45) is 17.6 Å². The van der Waals surface area contributed by atoms with Crippen molar-refractivity contribution in [1.29, 1.82) is 0 Å². The van der Waals surface area contributed by atoms with Crippen molar-refractivity contribution in [2.45, 2.75) is 44.9 Å². The summed E-state index contributed by atoms with van der Waals surface area (Å²) in [5, 5.41) is 8.64. The first kappa shape index (κ1) is 16.7. The van der Waals surface area contributed by atoms with Gasteiger partial charge in [-0.2, -0.15) is 0 Å². The second kappa shape index (κ2) is 8.08. The molecule has 0 aromatic heterocycles. The summed E-state index contributed by atoms with van der Waals surface area (Å²) in [6.45, 7) is 0.728. The Balaban J connectivity index is 1.87. The Labute approximate surface area is 131 Å². The van der Waals surface area contributed by atoms with E-state index in [0.29, 0.717) is 12.3 Å². The van der Waals surface area contributed by atoms with Crippen LogP contribution in [0.2, 0.25) is 0 Å². The molecule has 0 atom stereocenters. The summed E-state index contributed by atoms with van der Waals surface area (Å²) in [7, 11) is 0. The van der Waals surface area contributed by atoms with Crippen molar-refractivity contribution in [1.82, 2.24) is 0 Å². The number of carboxylic acids is 1. The molecular weight excluding hydrogens is 278 g/mol. The monoisotopic (exact) mass is 303 g/mol. The van der Waals surface area contributed by atoms with Crippen LogP contribution in [-0.4, -0.2) is 23.4 Å². The van der Waals surface area contributed by atoms with Crippen LogP contribution in [0.3, 0.4) is 0 Å². The van der Waals surface area contributed by atoms with Gasteiger partial charge in [0, 0.05) is 17.9 Å². The number of hydrogen-bond acceptors (Lipinski definition) is 3. The van der Waals surface area contributed by atoms with Gasteiger partial charge in [-0.15, -0.1) is 0 Å². The summed E-state index contributed by atoms with van der Waals surface area (Å²) in [6.07, 6.45) is 5.56. The molecule has 4 nitrogen and oxygen atoms in total. The van der Waals surface area contributed by atoms with Crippen LogP contribution in [0.4, 0.5) is 0 Å². The molecule has 1 aliphatic carbocycles.